The summed E-state index contributed by atoms with van der Waals surface area (Å²) in [6.45, 7) is 0.623. The van der Waals surface area contributed by atoms with Crippen LogP contribution in [-0.2, 0) is 13.2 Å². The van der Waals surface area contributed by atoms with Crippen molar-refractivity contribution in [2.45, 2.75) is 38.5 Å². The van der Waals surface area contributed by atoms with Crippen LogP contribution in [0, 0.1) is 0 Å². The lowest BCUT2D eigenvalue weighted by atomic mass is 9.93. The van der Waals surface area contributed by atoms with Crippen LogP contribution in [0.2, 0.25) is 0 Å². The Hall–Kier alpha value is -1.40. The van der Waals surface area contributed by atoms with Crippen molar-refractivity contribution in [1.82, 2.24) is 15.0 Å². The van der Waals surface area contributed by atoms with E-state index in [1.165, 1.54) is 19.3 Å². The molecule has 1 heterocycles. The summed E-state index contributed by atoms with van der Waals surface area (Å²) in [7, 11) is 0. The number of rotatable bonds is 5. The Morgan fingerprint density at radius 2 is 2.25 bits per heavy atom. The molecule has 5 nitrogen and oxygen atoms in total. The third-order valence-corrected chi connectivity index (χ3v) is 4.20. The molecule has 1 aromatic carbocycles. The van der Waals surface area contributed by atoms with Gasteiger partial charge in [0.25, 0.3) is 0 Å². The average Bonchev–Trinajstić information content (AvgIpc) is 2.83. The Labute approximate surface area is 126 Å². The number of halogens is 1. The number of aliphatic hydroxyl groups is 1. The number of aliphatic hydroxyl groups excluding tert-OH is 1. The van der Waals surface area contributed by atoms with E-state index in [-0.39, 0.29) is 6.61 Å². The molecule has 1 aliphatic rings. The van der Waals surface area contributed by atoms with Crippen molar-refractivity contribution in [1.29, 1.82) is 0 Å². The molecule has 0 unspecified atom stereocenters. The van der Waals surface area contributed by atoms with Crippen molar-refractivity contribution >= 4 is 21.6 Å². The molecule has 20 heavy (non-hydrogen) atoms. The molecule has 0 atom stereocenters. The average molecular weight is 337 g/mol. The second-order valence-electron chi connectivity index (χ2n) is 5.09. The van der Waals surface area contributed by atoms with E-state index in [2.05, 4.69) is 31.6 Å². The molecule has 1 saturated carbocycles. The van der Waals surface area contributed by atoms with Gasteiger partial charge in [-0.05, 0) is 37.5 Å². The van der Waals surface area contributed by atoms with Crippen LogP contribution in [0.4, 0.5) is 5.69 Å². The molecule has 2 N–H and O–H groups in total. The van der Waals surface area contributed by atoms with Crippen molar-refractivity contribution in [2.75, 3.05) is 5.32 Å². The van der Waals surface area contributed by atoms with E-state index in [0.29, 0.717) is 12.6 Å². The lowest BCUT2D eigenvalue weighted by molar-refractivity contribution is 0.282. The minimum absolute atomic E-state index is 0.0105. The van der Waals surface area contributed by atoms with E-state index >= 15 is 0 Å². The lowest BCUT2D eigenvalue weighted by Crippen LogP contribution is -2.17. The van der Waals surface area contributed by atoms with Gasteiger partial charge in [-0.2, -0.15) is 0 Å². The summed E-state index contributed by atoms with van der Waals surface area (Å²) in [5, 5.41) is 21.0. The highest BCUT2D eigenvalue weighted by atomic mass is 79.9. The number of aromatic nitrogens is 3. The van der Waals surface area contributed by atoms with E-state index in [1.807, 2.05) is 29.1 Å². The van der Waals surface area contributed by atoms with Gasteiger partial charge in [-0.3, -0.25) is 0 Å². The van der Waals surface area contributed by atoms with Crippen LogP contribution < -0.4 is 5.32 Å². The van der Waals surface area contributed by atoms with E-state index in [4.69, 9.17) is 0 Å². The van der Waals surface area contributed by atoms with Crippen LogP contribution in [0.5, 0.6) is 0 Å². The maximum absolute atomic E-state index is 9.36. The first-order chi connectivity index (χ1) is 9.76. The summed E-state index contributed by atoms with van der Waals surface area (Å²) in [5.41, 5.74) is 2.71. The second kappa shape index (κ2) is 5.93. The van der Waals surface area contributed by atoms with Crippen LogP contribution in [0.3, 0.4) is 0 Å². The number of nitrogens with zero attached hydrogens (tertiary/aromatic N) is 3. The van der Waals surface area contributed by atoms with E-state index < -0.39 is 0 Å². The van der Waals surface area contributed by atoms with Crippen LogP contribution in [0.15, 0.2) is 28.9 Å². The lowest BCUT2D eigenvalue weighted by Gasteiger charge is -2.24. The van der Waals surface area contributed by atoms with Crippen LogP contribution in [0.1, 0.15) is 36.6 Å². The SMILES string of the molecule is OCc1cc(Br)ccc1NCc1cn(C2CCC2)nn1. The first-order valence-electron chi connectivity index (χ1n) is 6.80. The summed E-state index contributed by atoms with van der Waals surface area (Å²) < 4.78 is 2.93. The molecule has 0 amide bonds. The standard InChI is InChI=1S/C14H17BrN4O/c15-11-4-5-14(10(6-11)9-20)16-7-12-8-19(18-17-12)13-2-1-3-13/h4-6,8,13,16,20H,1-3,7,9H2. The van der Waals surface area contributed by atoms with Gasteiger partial charge >= 0.3 is 0 Å². The molecule has 0 saturated heterocycles. The Morgan fingerprint density at radius 1 is 1.40 bits per heavy atom. The summed E-state index contributed by atoms with van der Waals surface area (Å²) in [4.78, 5) is 0. The normalized spacial score (nSPS) is 15.1. The summed E-state index contributed by atoms with van der Waals surface area (Å²) in [6, 6.07) is 6.35. The van der Waals surface area contributed by atoms with Crippen molar-refractivity contribution in [2.24, 2.45) is 0 Å². The fourth-order valence-corrected chi connectivity index (χ4v) is 2.68. The number of benzene rings is 1. The molecule has 3 rings (SSSR count). The van der Waals surface area contributed by atoms with Gasteiger partial charge in [0.1, 0.15) is 5.69 Å². The molecular weight excluding hydrogens is 320 g/mol. The van der Waals surface area contributed by atoms with E-state index in [0.717, 1.165) is 21.4 Å². The van der Waals surface area contributed by atoms with Gasteiger partial charge in [0.15, 0.2) is 0 Å². The quantitative estimate of drug-likeness (QED) is 0.881. The van der Waals surface area contributed by atoms with Crippen molar-refractivity contribution < 1.29 is 5.11 Å². The van der Waals surface area contributed by atoms with E-state index in [1.54, 1.807) is 0 Å². The number of anilines is 1. The summed E-state index contributed by atoms with van der Waals surface area (Å²) in [6.07, 6.45) is 5.71. The molecular formula is C14H17BrN4O. The molecule has 106 valence electrons. The number of nitrogens with one attached hydrogen (secondary N) is 1. The maximum Gasteiger partial charge on any atom is 0.102 e. The summed E-state index contributed by atoms with van der Waals surface area (Å²) in [5.74, 6) is 0. The van der Waals surface area contributed by atoms with Crippen molar-refractivity contribution in [3.8, 4) is 0 Å². The summed E-state index contributed by atoms with van der Waals surface area (Å²) >= 11 is 3.40. The third kappa shape index (κ3) is 2.86. The molecule has 0 spiro atoms. The molecule has 6 heteroatoms. The largest absolute Gasteiger partial charge is 0.392 e. The molecule has 2 aromatic rings. The predicted molar refractivity (Wildman–Crippen MR) is 80.3 cm³/mol. The fraction of sp³-hybridized carbons (Fsp3) is 0.429. The van der Waals surface area contributed by atoms with Gasteiger partial charge in [0, 0.05) is 15.7 Å². The number of hydrogen-bond acceptors (Lipinski definition) is 4. The fourth-order valence-electron chi connectivity index (χ4n) is 2.28. The van der Waals surface area contributed by atoms with Crippen molar-refractivity contribution in [3.63, 3.8) is 0 Å². The third-order valence-electron chi connectivity index (χ3n) is 3.70. The van der Waals surface area contributed by atoms with Gasteiger partial charge in [-0.1, -0.05) is 21.1 Å². The molecule has 0 radical (unpaired) electrons. The minimum Gasteiger partial charge on any atom is -0.392 e. The van der Waals surface area contributed by atoms with Gasteiger partial charge in [-0.15, -0.1) is 5.10 Å². The zero-order chi connectivity index (χ0) is 13.9. The first-order valence-corrected chi connectivity index (χ1v) is 7.59. The Bertz CT molecular complexity index is 595. The molecule has 0 bridgehead atoms. The van der Waals surface area contributed by atoms with E-state index in [9.17, 15) is 5.11 Å². The first kappa shape index (κ1) is 13.6. The van der Waals surface area contributed by atoms with Crippen LogP contribution in [-0.4, -0.2) is 20.1 Å². The van der Waals surface area contributed by atoms with Crippen LogP contribution >= 0.6 is 15.9 Å². The predicted octanol–water partition coefficient (Wildman–Crippen LogP) is 2.87. The highest BCUT2D eigenvalue weighted by Gasteiger charge is 2.20. The van der Waals surface area contributed by atoms with Crippen molar-refractivity contribution in [3.05, 3.63) is 40.1 Å². The second-order valence-corrected chi connectivity index (χ2v) is 6.00. The smallest absolute Gasteiger partial charge is 0.102 e. The molecule has 1 aromatic heterocycles. The topological polar surface area (TPSA) is 63.0 Å². The van der Waals surface area contributed by atoms with Gasteiger partial charge in [0.05, 0.1) is 25.4 Å². The highest BCUT2D eigenvalue weighted by Crippen LogP contribution is 2.30. The Kier molecular flexibility index (Phi) is 4.03. The minimum atomic E-state index is 0.0105. The maximum atomic E-state index is 9.36. The van der Waals surface area contributed by atoms with Gasteiger partial charge < -0.3 is 10.4 Å². The van der Waals surface area contributed by atoms with Gasteiger partial charge in [0.2, 0.25) is 0 Å². The Balaban J connectivity index is 1.65. The number of hydrogen-bond donors (Lipinski definition) is 2. The molecule has 1 fully saturated rings. The monoisotopic (exact) mass is 336 g/mol. The van der Waals surface area contributed by atoms with Crippen LogP contribution in [0.25, 0.3) is 0 Å². The molecule has 1 aliphatic carbocycles. The zero-order valence-electron chi connectivity index (χ0n) is 11.1. The highest BCUT2D eigenvalue weighted by molar-refractivity contribution is 9.10. The Morgan fingerprint density at radius 3 is 2.95 bits per heavy atom. The zero-order valence-corrected chi connectivity index (χ0v) is 12.7. The molecule has 0 aliphatic heterocycles. The van der Waals surface area contributed by atoms with Gasteiger partial charge in [-0.25, -0.2) is 4.68 Å².